The molecule has 1 aliphatic heterocycles. The van der Waals surface area contributed by atoms with Gasteiger partial charge in [0.15, 0.2) is 0 Å². The fourth-order valence-electron chi connectivity index (χ4n) is 2.99. The van der Waals surface area contributed by atoms with Gasteiger partial charge >= 0.3 is 5.97 Å². The lowest BCUT2D eigenvalue weighted by molar-refractivity contribution is -0.386. The van der Waals surface area contributed by atoms with Crippen LogP contribution in [-0.4, -0.2) is 33.9 Å². The monoisotopic (exact) mass is 370 g/mol. The number of aliphatic hydroxyl groups excluding tert-OH is 1. The van der Waals surface area contributed by atoms with Gasteiger partial charge in [-0.25, -0.2) is 4.79 Å². The third-order valence-corrected chi connectivity index (χ3v) is 4.35. The van der Waals surface area contributed by atoms with Gasteiger partial charge in [0.25, 0.3) is 11.3 Å². The first-order valence-corrected chi connectivity index (χ1v) is 8.38. The number of carbonyl (C=O) groups excluding carboxylic acids is 1. The molecule has 0 amide bonds. The number of hydrogen-bond acceptors (Lipinski definition) is 7. The molecule has 0 fully saturated rings. The summed E-state index contributed by atoms with van der Waals surface area (Å²) in [7, 11) is 0. The van der Waals surface area contributed by atoms with E-state index < -0.39 is 22.6 Å². The molecule has 0 saturated heterocycles. The lowest BCUT2D eigenvalue weighted by Gasteiger charge is -2.29. The number of para-hydroxylation sites is 1. The fourth-order valence-corrected chi connectivity index (χ4v) is 2.99. The van der Waals surface area contributed by atoms with E-state index in [1.54, 1.807) is 37.3 Å². The molecule has 0 saturated carbocycles. The van der Waals surface area contributed by atoms with Crippen LogP contribution >= 0.6 is 0 Å². The molecule has 3 rings (SSSR count). The van der Waals surface area contributed by atoms with E-state index in [4.69, 9.17) is 9.57 Å². The van der Waals surface area contributed by atoms with Crippen LogP contribution in [-0.2, 0) is 14.4 Å². The molecule has 2 aromatic rings. The first kappa shape index (κ1) is 18.5. The molecule has 0 radical (unpaired) electrons. The van der Waals surface area contributed by atoms with Gasteiger partial charge in [0, 0.05) is 6.07 Å². The summed E-state index contributed by atoms with van der Waals surface area (Å²) < 4.78 is 5.09. The topological polar surface area (TPSA) is 111 Å². The Bertz CT molecular complexity index is 883. The molecule has 1 aliphatic rings. The van der Waals surface area contributed by atoms with E-state index in [-0.39, 0.29) is 24.3 Å². The van der Waals surface area contributed by atoms with E-state index in [0.717, 1.165) is 5.56 Å². The third-order valence-electron chi connectivity index (χ3n) is 4.35. The third kappa shape index (κ3) is 3.39. The maximum Gasteiger partial charge on any atom is 0.356 e. The Morgan fingerprint density at radius 3 is 2.63 bits per heavy atom. The zero-order valence-electron chi connectivity index (χ0n) is 14.6. The minimum Gasteiger partial charge on any atom is -0.463 e. The summed E-state index contributed by atoms with van der Waals surface area (Å²) in [5.74, 6) is -0.828. The smallest absolute Gasteiger partial charge is 0.356 e. The lowest BCUT2D eigenvalue weighted by Crippen LogP contribution is -2.46. The number of nitro benzene ring substituents is 1. The van der Waals surface area contributed by atoms with Crippen molar-refractivity contribution >= 4 is 17.4 Å². The van der Waals surface area contributed by atoms with Crippen LogP contribution in [0, 0.1) is 10.1 Å². The molecule has 1 N–H and O–H groups in total. The number of oxime groups is 1. The number of rotatable bonds is 6. The second-order valence-corrected chi connectivity index (χ2v) is 6.00. The Labute approximate surface area is 155 Å². The van der Waals surface area contributed by atoms with E-state index in [2.05, 4.69) is 5.16 Å². The van der Waals surface area contributed by atoms with Crippen molar-refractivity contribution in [1.82, 2.24) is 0 Å². The van der Waals surface area contributed by atoms with Crippen LogP contribution in [0.25, 0.3) is 0 Å². The average molecular weight is 370 g/mol. The minimum absolute atomic E-state index is 0.0416. The maximum absolute atomic E-state index is 12.7. The molecule has 8 nitrogen and oxygen atoms in total. The van der Waals surface area contributed by atoms with Crippen LogP contribution in [0.15, 0.2) is 59.8 Å². The van der Waals surface area contributed by atoms with Crippen molar-refractivity contribution in [2.75, 3.05) is 6.61 Å². The van der Waals surface area contributed by atoms with Crippen LogP contribution < -0.4 is 0 Å². The highest BCUT2D eigenvalue weighted by Gasteiger charge is 2.56. The first-order chi connectivity index (χ1) is 13.0. The normalized spacial score (nSPS) is 19.7. The Morgan fingerprint density at radius 2 is 1.96 bits per heavy atom. The van der Waals surface area contributed by atoms with Gasteiger partial charge in [-0.05, 0) is 18.6 Å². The molecule has 2 atom stereocenters. The van der Waals surface area contributed by atoms with Crippen molar-refractivity contribution in [3.05, 3.63) is 75.8 Å². The van der Waals surface area contributed by atoms with Crippen molar-refractivity contribution in [2.45, 2.75) is 25.0 Å². The molecule has 0 unspecified atom stereocenters. The highest BCUT2D eigenvalue weighted by Crippen LogP contribution is 2.41. The summed E-state index contributed by atoms with van der Waals surface area (Å²) in [6, 6.07) is 14.7. The predicted molar refractivity (Wildman–Crippen MR) is 96.1 cm³/mol. The number of esters is 1. The van der Waals surface area contributed by atoms with Crippen molar-refractivity contribution in [1.29, 1.82) is 0 Å². The molecule has 2 aromatic carbocycles. The summed E-state index contributed by atoms with van der Waals surface area (Å²) >= 11 is 0. The number of ether oxygens (including phenoxy) is 1. The van der Waals surface area contributed by atoms with Gasteiger partial charge in [-0.3, -0.25) is 10.1 Å². The second-order valence-electron chi connectivity index (χ2n) is 6.00. The van der Waals surface area contributed by atoms with Crippen LogP contribution in [0.5, 0.6) is 0 Å². The quantitative estimate of drug-likeness (QED) is 0.475. The van der Waals surface area contributed by atoms with Gasteiger partial charge < -0.3 is 14.7 Å². The molecule has 27 heavy (non-hydrogen) atoms. The number of aliphatic hydroxyl groups is 1. The van der Waals surface area contributed by atoms with E-state index in [9.17, 15) is 20.0 Å². The Kier molecular flexibility index (Phi) is 5.18. The van der Waals surface area contributed by atoms with Gasteiger partial charge in [-0.1, -0.05) is 47.6 Å². The summed E-state index contributed by atoms with van der Waals surface area (Å²) in [5.41, 5.74) is -1.09. The van der Waals surface area contributed by atoms with Gasteiger partial charge in [0.2, 0.25) is 0 Å². The molecule has 0 bridgehead atoms. The van der Waals surface area contributed by atoms with Crippen molar-refractivity contribution < 1.29 is 24.4 Å². The summed E-state index contributed by atoms with van der Waals surface area (Å²) in [6.45, 7) is 1.69. The maximum atomic E-state index is 12.7. The predicted octanol–water partition coefficient (Wildman–Crippen LogP) is 2.75. The second kappa shape index (κ2) is 7.55. The standard InChI is InChI=1S/C19H18N2O6/c1-2-26-18(23)19(12-15(20-27-19)13-8-4-3-5-9-13)17(22)14-10-6-7-11-16(14)21(24)25/h3-11,17,22H,2,12H2,1H3/t17-,19+/m1/s1. The van der Waals surface area contributed by atoms with Crippen LogP contribution in [0.1, 0.15) is 30.6 Å². The summed E-state index contributed by atoms with van der Waals surface area (Å²) in [5, 5.41) is 26.3. The molecule has 0 spiro atoms. The van der Waals surface area contributed by atoms with Gasteiger partial charge in [-0.15, -0.1) is 0 Å². The SMILES string of the molecule is CCOC(=O)[C@@]1([C@H](O)c2ccccc2[N+](=O)[O-])CC(c2ccccc2)=NO1. The van der Waals surface area contributed by atoms with Crippen molar-refractivity contribution in [2.24, 2.45) is 5.16 Å². The number of benzene rings is 2. The Hall–Kier alpha value is -3.26. The van der Waals surface area contributed by atoms with Gasteiger partial charge in [0.1, 0.15) is 6.10 Å². The van der Waals surface area contributed by atoms with Crippen molar-refractivity contribution in [3.63, 3.8) is 0 Å². The van der Waals surface area contributed by atoms with Gasteiger partial charge in [0.05, 0.1) is 29.2 Å². The zero-order valence-corrected chi connectivity index (χ0v) is 14.6. The molecule has 140 valence electrons. The van der Waals surface area contributed by atoms with Gasteiger partial charge in [-0.2, -0.15) is 0 Å². The van der Waals surface area contributed by atoms with Crippen LogP contribution in [0.4, 0.5) is 5.69 Å². The average Bonchev–Trinajstić information content (AvgIpc) is 3.15. The van der Waals surface area contributed by atoms with Crippen LogP contribution in [0.3, 0.4) is 0 Å². The van der Waals surface area contributed by atoms with E-state index in [1.807, 2.05) is 6.07 Å². The molecular formula is C19H18N2O6. The lowest BCUT2D eigenvalue weighted by atomic mass is 9.84. The number of hydrogen-bond donors (Lipinski definition) is 1. The Balaban J connectivity index is 2.01. The highest BCUT2D eigenvalue weighted by molar-refractivity contribution is 6.05. The fraction of sp³-hybridized carbons (Fsp3) is 0.263. The zero-order chi connectivity index (χ0) is 19.4. The minimum atomic E-state index is -1.90. The van der Waals surface area contributed by atoms with E-state index in [1.165, 1.54) is 18.2 Å². The molecule has 0 aliphatic carbocycles. The molecule has 8 heteroatoms. The number of carbonyl (C=O) groups is 1. The molecular weight excluding hydrogens is 352 g/mol. The van der Waals surface area contributed by atoms with Crippen molar-refractivity contribution in [3.8, 4) is 0 Å². The number of nitrogens with zero attached hydrogens (tertiary/aromatic N) is 2. The summed E-state index contributed by atoms with van der Waals surface area (Å²) in [6.07, 6.45) is -1.72. The molecule has 1 heterocycles. The largest absolute Gasteiger partial charge is 0.463 e. The summed E-state index contributed by atoms with van der Waals surface area (Å²) in [4.78, 5) is 28.8. The molecule has 0 aromatic heterocycles. The Morgan fingerprint density at radius 1 is 1.30 bits per heavy atom. The van der Waals surface area contributed by atoms with E-state index >= 15 is 0 Å². The van der Waals surface area contributed by atoms with Crippen LogP contribution in [0.2, 0.25) is 0 Å². The number of nitro groups is 1. The van der Waals surface area contributed by atoms with E-state index in [0.29, 0.717) is 5.71 Å². The first-order valence-electron chi connectivity index (χ1n) is 8.38. The highest BCUT2D eigenvalue weighted by atomic mass is 16.7.